The third-order valence-corrected chi connectivity index (χ3v) is 4.99. The van der Waals surface area contributed by atoms with Gasteiger partial charge in [0, 0.05) is 6.04 Å². The quantitative estimate of drug-likeness (QED) is 0.766. The van der Waals surface area contributed by atoms with Crippen LogP contribution in [-0.2, 0) is 14.4 Å². The lowest BCUT2D eigenvalue weighted by Gasteiger charge is -2.22. The second-order valence-corrected chi connectivity index (χ2v) is 6.05. The summed E-state index contributed by atoms with van der Waals surface area (Å²) in [5.74, 6) is -1.51. The number of likely N-dealkylation sites (tertiary alicyclic amines) is 1. The average Bonchev–Trinajstić information content (AvgIpc) is 2.96. The van der Waals surface area contributed by atoms with Gasteiger partial charge in [0.1, 0.15) is 0 Å². The van der Waals surface area contributed by atoms with Crippen molar-refractivity contribution in [1.29, 1.82) is 0 Å². The van der Waals surface area contributed by atoms with Gasteiger partial charge in [-0.25, -0.2) is 0 Å². The number of aliphatic carboxylic acids is 1. The fraction of sp³-hybridized carbons (Fsp3) is 0.786. The molecule has 0 aromatic rings. The van der Waals surface area contributed by atoms with Crippen LogP contribution in [0.1, 0.15) is 44.9 Å². The molecule has 2 unspecified atom stereocenters. The van der Waals surface area contributed by atoms with E-state index in [1.54, 1.807) is 0 Å². The minimum Gasteiger partial charge on any atom is -0.481 e. The molecule has 19 heavy (non-hydrogen) atoms. The average molecular weight is 265 g/mol. The topological polar surface area (TPSA) is 74.7 Å². The van der Waals surface area contributed by atoms with E-state index in [0.29, 0.717) is 19.3 Å². The lowest BCUT2D eigenvalue weighted by molar-refractivity contribution is -0.145. The maximum Gasteiger partial charge on any atom is 0.306 e. The van der Waals surface area contributed by atoms with Gasteiger partial charge in [-0.1, -0.05) is 12.8 Å². The smallest absolute Gasteiger partial charge is 0.306 e. The number of hydrogen-bond donors (Lipinski definition) is 1. The second-order valence-electron chi connectivity index (χ2n) is 6.05. The van der Waals surface area contributed by atoms with E-state index in [4.69, 9.17) is 5.11 Å². The molecule has 1 aliphatic heterocycles. The normalized spacial score (nSPS) is 38.6. The van der Waals surface area contributed by atoms with Gasteiger partial charge in [-0.15, -0.1) is 0 Å². The highest BCUT2D eigenvalue weighted by atomic mass is 16.4. The van der Waals surface area contributed by atoms with E-state index in [1.165, 1.54) is 4.90 Å². The van der Waals surface area contributed by atoms with Crippen molar-refractivity contribution in [2.75, 3.05) is 0 Å². The van der Waals surface area contributed by atoms with E-state index >= 15 is 0 Å². The molecule has 2 saturated carbocycles. The van der Waals surface area contributed by atoms with Crippen molar-refractivity contribution in [2.45, 2.75) is 51.0 Å². The molecule has 104 valence electrons. The van der Waals surface area contributed by atoms with Crippen molar-refractivity contribution in [3.63, 3.8) is 0 Å². The third kappa shape index (κ3) is 1.95. The van der Waals surface area contributed by atoms with E-state index in [0.717, 1.165) is 25.7 Å². The van der Waals surface area contributed by atoms with Crippen molar-refractivity contribution in [1.82, 2.24) is 4.90 Å². The molecule has 0 radical (unpaired) electrons. The Balaban J connectivity index is 1.76. The van der Waals surface area contributed by atoms with E-state index in [1.807, 2.05) is 0 Å². The highest BCUT2D eigenvalue weighted by Crippen LogP contribution is 2.41. The first-order valence-electron chi connectivity index (χ1n) is 7.19. The van der Waals surface area contributed by atoms with Crippen LogP contribution in [0.5, 0.6) is 0 Å². The predicted molar refractivity (Wildman–Crippen MR) is 66.1 cm³/mol. The number of carbonyl (C=O) groups is 3. The van der Waals surface area contributed by atoms with E-state index < -0.39 is 11.9 Å². The van der Waals surface area contributed by atoms with E-state index in [-0.39, 0.29) is 29.7 Å². The first-order valence-corrected chi connectivity index (χ1v) is 7.19. The van der Waals surface area contributed by atoms with Gasteiger partial charge in [-0.05, 0) is 32.1 Å². The zero-order valence-corrected chi connectivity index (χ0v) is 10.9. The van der Waals surface area contributed by atoms with Gasteiger partial charge in [0.25, 0.3) is 0 Å². The van der Waals surface area contributed by atoms with Gasteiger partial charge >= 0.3 is 5.97 Å². The first-order chi connectivity index (χ1) is 9.09. The van der Waals surface area contributed by atoms with E-state index in [9.17, 15) is 14.4 Å². The van der Waals surface area contributed by atoms with Crippen LogP contribution < -0.4 is 0 Å². The van der Waals surface area contributed by atoms with Crippen molar-refractivity contribution < 1.29 is 19.5 Å². The second kappa shape index (κ2) is 4.62. The molecular formula is C14H19NO4. The monoisotopic (exact) mass is 265 g/mol. The molecule has 2 aliphatic carbocycles. The lowest BCUT2D eigenvalue weighted by atomic mass is 9.81. The molecule has 3 aliphatic rings. The molecule has 1 heterocycles. The fourth-order valence-corrected chi connectivity index (χ4v) is 3.96. The zero-order valence-electron chi connectivity index (χ0n) is 10.9. The molecule has 0 bridgehead atoms. The van der Waals surface area contributed by atoms with Gasteiger partial charge in [0.2, 0.25) is 11.8 Å². The number of nitrogens with zero attached hydrogens (tertiary/aromatic N) is 1. The maximum absolute atomic E-state index is 12.4. The molecule has 0 aromatic carbocycles. The molecular weight excluding hydrogens is 246 g/mol. The molecule has 2 amide bonds. The summed E-state index contributed by atoms with van der Waals surface area (Å²) in [5.41, 5.74) is 0. The van der Waals surface area contributed by atoms with Crippen molar-refractivity contribution in [3.05, 3.63) is 0 Å². The number of rotatable bonds is 2. The lowest BCUT2D eigenvalue weighted by Crippen LogP contribution is -2.39. The summed E-state index contributed by atoms with van der Waals surface area (Å²) in [7, 11) is 0. The Morgan fingerprint density at radius 3 is 2.05 bits per heavy atom. The van der Waals surface area contributed by atoms with Crippen LogP contribution in [0.3, 0.4) is 0 Å². The summed E-state index contributed by atoms with van der Waals surface area (Å²) in [6, 6.07) is -0.174. The molecule has 0 spiro atoms. The molecule has 5 heteroatoms. The van der Waals surface area contributed by atoms with Crippen molar-refractivity contribution >= 4 is 17.8 Å². The number of hydrogen-bond acceptors (Lipinski definition) is 3. The number of carboxylic acid groups (broad SMARTS) is 1. The standard InChI is InChI=1S/C14H19NO4/c16-12-10-3-1-2-4-11(10)13(17)15(12)9-6-5-8(7-9)14(18)19/h8-11H,1-7H2,(H,18,19)/t8-,9+,10?,11?/m1/s1. The van der Waals surface area contributed by atoms with Crippen LogP contribution >= 0.6 is 0 Å². The Kier molecular flexibility index (Phi) is 3.07. The van der Waals surface area contributed by atoms with Gasteiger partial charge in [0.05, 0.1) is 17.8 Å². The van der Waals surface area contributed by atoms with Crippen molar-refractivity contribution in [3.8, 4) is 0 Å². The summed E-state index contributed by atoms with van der Waals surface area (Å²) in [5, 5.41) is 9.02. The number of imide groups is 1. The largest absolute Gasteiger partial charge is 0.481 e. The minimum absolute atomic E-state index is 0.0364. The molecule has 5 nitrogen and oxygen atoms in total. The molecule has 1 N–H and O–H groups in total. The van der Waals surface area contributed by atoms with Gasteiger partial charge in [0.15, 0.2) is 0 Å². The van der Waals surface area contributed by atoms with Crippen LogP contribution in [0.15, 0.2) is 0 Å². The Labute approximate surface area is 112 Å². The highest BCUT2D eigenvalue weighted by Gasteiger charge is 2.51. The van der Waals surface area contributed by atoms with Crippen LogP contribution in [0.4, 0.5) is 0 Å². The van der Waals surface area contributed by atoms with Crippen LogP contribution in [0.25, 0.3) is 0 Å². The van der Waals surface area contributed by atoms with Gasteiger partial charge in [-0.3, -0.25) is 19.3 Å². The van der Waals surface area contributed by atoms with Crippen LogP contribution in [0, 0.1) is 17.8 Å². The van der Waals surface area contributed by atoms with Crippen LogP contribution in [0.2, 0.25) is 0 Å². The molecule has 3 fully saturated rings. The molecule has 4 atom stereocenters. The Morgan fingerprint density at radius 2 is 1.58 bits per heavy atom. The van der Waals surface area contributed by atoms with Crippen molar-refractivity contribution in [2.24, 2.45) is 17.8 Å². The maximum atomic E-state index is 12.4. The third-order valence-electron chi connectivity index (χ3n) is 4.99. The van der Waals surface area contributed by atoms with Crippen LogP contribution in [-0.4, -0.2) is 33.8 Å². The minimum atomic E-state index is -0.806. The fourth-order valence-electron chi connectivity index (χ4n) is 3.96. The Hall–Kier alpha value is -1.39. The summed E-state index contributed by atoms with van der Waals surface area (Å²) in [4.78, 5) is 37.2. The summed E-state index contributed by atoms with van der Waals surface area (Å²) >= 11 is 0. The van der Waals surface area contributed by atoms with Gasteiger partial charge in [-0.2, -0.15) is 0 Å². The molecule has 3 rings (SSSR count). The zero-order chi connectivity index (χ0) is 13.6. The molecule has 0 aromatic heterocycles. The summed E-state index contributed by atoms with van der Waals surface area (Å²) < 4.78 is 0. The summed E-state index contributed by atoms with van der Waals surface area (Å²) in [6.45, 7) is 0. The number of carboxylic acids is 1. The SMILES string of the molecule is O=C(O)[C@@H]1CC[C@H](N2C(=O)C3CCCCC3C2=O)C1. The first kappa shape index (κ1) is 12.6. The number of carbonyl (C=O) groups excluding carboxylic acids is 2. The summed E-state index contributed by atoms with van der Waals surface area (Å²) in [6.07, 6.45) is 5.35. The predicted octanol–water partition coefficient (Wildman–Crippen LogP) is 1.41. The van der Waals surface area contributed by atoms with E-state index in [2.05, 4.69) is 0 Å². The highest BCUT2D eigenvalue weighted by molar-refractivity contribution is 6.05. The number of fused-ring (bicyclic) bond motifs is 1. The van der Waals surface area contributed by atoms with Gasteiger partial charge < -0.3 is 5.11 Å². The number of amides is 2. The Bertz CT molecular complexity index is 409. The molecule has 1 saturated heterocycles. The Morgan fingerprint density at radius 1 is 1.00 bits per heavy atom.